The van der Waals surface area contributed by atoms with Gasteiger partial charge in [-0.25, -0.2) is 4.79 Å². The van der Waals surface area contributed by atoms with Gasteiger partial charge in [-0.3, -0.25) is 0 Å². The zero-order valence-corrected chi connectivity index (χ0v) is 9.80. The Morgan fingerprint density at radius 3 is 1.25 bits per heavy atom. The van der Waals surface area contributed by atoms with Gasteiger partial charge in [-0.05, 0) is 33.5 Å². The van der Waals surface area contributed by atoms with Crippen LogP contribution in [0.3, 0.4) is 0 Å². The molecule has 0 unspecified atom stereocenters. The standard InChI is InChI=1S/C4H6O.C3H10OSi.CH4O/c1-4(2)3-5;1-5(2,3)4;1-2/h1-2H3;4H,1-3H3;2H,1H3. The van der Waals surface area contributed by atoms with Gasteiger partial charge in [0.15, 0.2) is 8.32 Å². The molecule has 74 valence electrons. The van der Waals surface area contributed by atoms with Gasteiger partial charge in [0.05, 0.1) is 0 Å². The molecule has 3 nitrogen and oxygen atoms in total. The van der Waals surface area contributed by atoms with Crippen molar-refractivity contribution in [3.05, 3.63) is 5.57 Å². The van der Waals surface area contributed by atoms with Crippen LogP contribution in [0.4, 0.5) is 0 Å². The summed E-state index contributed by atoms with van der Waals surface area (Å²) in [5, 5.41) is 7.00. The quantitative estimate of drug-likeness (QED) is 0.448. The average molecular weight is 192 g/mol. The smallest absolute Gasteiger partial charge is 0.179 e. The fourth-order valence-corrected chi connectivity index (χ4v) is 0. The highest BCUT2D eigenvalue weighted by Gasteiger charge is 2.03. The number of aliphatic hydroxyl groups excluding tert-OH is 1. The molecular formula is C8H20O3Si. The summed E-state index contributed by atoms with van der Waals surface area (Å²) in [5.74, 6) is 1.69. The maximum atomic E-state index is 9.34. The second-order valence-corrected chi connectivity index (χ2v) is 7.61. The molecular weight excluding hydrogens is 172 g/mol. The second-order valence-electron chi connectivity index (χ2n) is 3.27. The Bertz CT molecular complexity index is 122. The lowest BCUT2D eigenvalue weighted by Gasteiger charge is -2.00. The van der Waals surface area contributed by atoms with Crippen molar-refractivity contribution in [2.45, 2.75) is 33.5 Å². The fourth-order valence-electron chi connectivity index (χ4n) is 0. The molecule has 0 aliphatic carbocycles. The summed E-state index contributed by atoms with van der Waals surface area (Å²) in [4.78, 5) is 18.0. The minimum absolute atomic E-state index is 0.699. The zero-order valence-electron chi connectivity index (χ0n) is 8.80. The van der Waals surface area contributed by atoms with Crippen LogP contribution in [0.15, 0.2) is 5.57 Å². The first-order valence-electron chi connectivity index (χ1n) is 3.62. The Hall–Kier alpha value is -0.413. The van der Waals surface area contributed by atoms with E-state index in [2.05, 4.69) is 0 Å². The SMILES string of the molecule is CC(C)=C=O.CO.C[Si](C)(C)O. The molecule has 0 saturated carbocycles. The minimum atomic E-state index is -1.61. The maximum Gasteiger partial charge on any atom is 0.179 e. The van der Waals surface area contributed by atoms with E-state index in [-0.39, 0.29) is 0 Å². The van der Waals surface area contributed by atoms with Crippen LogP contribution in [0, 0.1) is 0 Å². The lowest BCUT2D eigenvalue weighted by Crippen LogP contribution is -2.17. The number of hydrogen-bond donors (Lipinski definition) is 2. The van der Waals surface area contributed by atoms with Crippen molar-refractivity contribution < 1.29 is 14.7 Å². The van der Waals surface area contributed by atoms with E-state index in [4.69, 9.17) is 9.90 Å². The van der Waals surface area contributed by atoms with Crippen LogP contribution in [0.1, 0.15) is 13.8 Å². The predicted molar refractivity (Wildman–Crippen MR) is 54.3 cm³/mol. The molecule has 0 amide bonds. The normalized spacial score (nSPS) is 8.00. The largest absolute Gasteiger partial charge is 0.433 e. The summed E-state index contributed by atoms with van der Waals surface area (Å²) < 4.78 is 0. The van der Waals surface area contributed by atoms with Gasteiger partial charge in [0, 0.05) is 12.7 Å². The van der Waals surface area contributed by atoms with E-state index in [1.165, 1.54) is 0 Å². The molecule has 0 radical (unpaired) electrons. The first-order chi connectivity index (χ1) is 5.27. The highest BCUT2D eigenvalue weighted by molar-refractivity contribution is 6.68. The maximum absolute atomic E-state index is 9.34. The predicted octanol–water partition coefficient (Wildman–Crippen LogP) is 1.21. The Morgan fingerprint density at radius 2 is 1.25 bits per heavy atom. The second kappa shape index (κ2) is 10.6. The van der Waals surface area contributed by atoms with Gasteiger partial charge < -0.3 is 9.90 Å². The molecule has 0 aromatic heterocycles. The zero-order chi connectivity index (χ0) is 10.8. The van der Waals surface area contributed by atoms with E-state index in [1.807, 2.05) is 19.6 Å². The topological polar surface area (TPSA) is 57.5 Å². The van der Waals surface area contributed by atoms with Gasteiger partial charge in [0.25, 0.3) is 0 Å². The van der Waals surface area contributed by atoms with E-state index in [9.17, 15) is 4.79 Å². The molecule has 0 rings (SSSR count). The molecule has 0 heterocycles. The van der Waals surface area contributed by atoms with Gasteiger partial charge in [0.2, 0.25) is 0 Å². The van der Waals surface area contributed by atoms with Crippen LogP contribution in [0.5, 0.6) is 0 Å². The van der Waals surface area contributed by atoms with Crippen LogP contribution in [0.2, 0.25) is 19.6 Å². The molecule has 2 N–H and O–H groups in total. The van der Waals surface area contributed by atoms with Crippen molar-refractivity contribution in [1.82, 2.24) is 0 Å². The average Bonchev–Trinajstić information content (AvgIpc) is 1.89. The first-order valence-corrected chi connectivity index (χ1v) is 7.07. The van der Waals surface area contributed by atoms with Gasteiger partial charge in [-0.1, -0.05) is 0 Å². The molecule has 0 fully saturated rings. The van der Waals surface area contributed by atoms with Gasteiger partial charge in [-0.2, -0.15) is 0 Å². The van der Waals surface area contributed by atoms with Crippen molar-refractivity contribution in [3.8, 4) is 0 Å². The first kappa shape index (κ1) is 17.6. The number of allylic oxidation sites excluding steroid dienone is 1. The summed E-state index contributed by atoms with van der Waals surface area (Å²) >= 11 is 0. The van der Waals surface area contributed by atoms with E-state index in [0.29, 0.717) is 5.57 Å². The highest BCUT2D eigenvalue weighted by Crippen LogP contribution is 1.88. The molecule has 0 aliphatic heterocycles. The molecule has 0 aromatic carbocycles. The molecule has 0 saturated heterocycles. The number of rotatable bonds is 0. The van der Waals surface area contributed by atoms with Gasteiger partial charge >= 0.3 is 0 Å². The van der Waals surface area contributed by atoms with Crippen molar-refractivity contribution in [3.63, 3.8) is 0 Å². The lowest BCUT2D eigenvalue weighted by molar-refractivity contribution is 0.399. The van der Waals surface area contributed by atoms with Crippen LogP contribution in [-0.4, -0.2) is 31.3 Å². The van der Waals surface area contributed by atoms with E-state index in [1.54, 1.807) is 19.8 Å². The Kier molecular flexibility index (Phi) is 15.5. The van der Waals surface area contributed by atoms with Crippen molar-refractivity contribution in [2.75, 3.05) is 7.11 Å². The van der Waals surface area contributed by atoms with Gasteiger partial charge in [0.1, 0.15) is 5.94 Å². The van der Waals surface area contributed by atoms with Crippen LogP contribution in [0.25, 0.3) is 0 Å². The summed E-state index contributed by atoms with van der Waals surface area (Å²) in [6, 6.07) is 0. The van der Waals surface area contributed by atoms with Crippen molar-refractivity contribution in [1.29, 1.82) is 0 Å². The van der Waals surface area contributed by atoms with Crippen LogP contribution in [-0.2, 0) is 4.79 Å². The minimum Gasteiger partial charge on any atom is -0.433 e. The monoisotopic (exact) mass is 192 g/mol. The molecule has 0 aliphatic rings. The van der Waals surface area contributed by atoms with Crippen molar-refractivity contribution >= 4 is 14.3 Å². The van der Waals surface area contributed by atoms with Gasteiger partial charge in [-0.15, -0.1) is 0 Å². The number of aliphatic hydroxyl groups is 1. The van der Waals surface area contributed by atoms with Crippen LogP contribution >= 0.6 is 0 Å². The lowest BCUT2D eigenvalue weighted by atomic mass is 10.4. The third kappa shape index (κ3) is 281. The molecule has 0 aromatic rings. The third-order valence-electron chi connectivity index (χ3n) is 0.204. The number of carbonyl (C=O) groups excluding carboxylic acids is 1. The van der Waals surface area contributed by atoms with Crippen LogP contribution < -0.4 is 0 Å². The third-order valence-corrected chi connectivity index (χ3v) is 0.204. The Morgan fingerprint density at radius 1 is 1.17 bits per heavy atom. The molecule has 0 bridgehead atoms. The molecule has 0 spiro atoms. The highest BCUT2D eigenvalue weighted by atomic mass is 28.4. The van der Waals surface area contributed by atoms with E-state index in [0.717, 1.165) is 7.11 Å². The molecule has 12 heavy (non-hydrogen) atoms. The van der Waals surface area contributed by atoms with Crippen molar-refractivity contribution in [2.24, 2.45) is 0 Å². The summed E-state index contributed by atoms with van der Waals surface area (Å²) in [5.41, 5.74) is 0.699. The summed E-state index contributed by atoms with van der Waals surface area (Å²) in [6.07, 6.45) is 0. The number of hydrogen-bond acceptors (Lipinski definition) is 3. The molecule has 0 atom stereocenters. The fraction of sp³-hybridized carbons (Fsp3) is 0.750. The Labute approximate surface area is 75.9 Å². The van der Waals surface area contributed by atoms with E-state index >= 15 is 0 Å². The van der Waals surface area contributed by atoms with E-state index < -0.39 is 8.32 Å². The summed E-state index contributed by atoms with van der Waals surface area (Å²) in [7, 11) is -0.611. The summed E-state index contributed by atoms with van der Waals surface area (Å²) in [6.45, 7) is 9.08. The Balaban J connectivity index is -0.000000112. The molecule has 4 heteroatoms.